The number of phenolic OH excluding ortho intramolecular Hbond substituents is 1. The highest BCUT2D eigenvalue weighted by Gasteiger charge is 2.70. The van der Waals surface area contributed by atoms with Crippen LogP contribution in [0.3, 0.4) is 0 Å². The van der Waals surface area contributed by atoms with Crippen molar-refractivity contribution in [2.45, 2.75) is 31.1 Å². The van der Waals surface area contributed by atoms with Crippen molar-refractivity contribution in [2.24, 2.45) is 33.9 Å². The smallest absolute Gasteiger partial charge is 0.260 e. The predicted molar refractivity (Wildman–Crippen MR) is 243 cm³/mol. The summed E-state index contributed by atoms with van der Waals surface area (Å²) in [5.41, 5.74) is 7.82. The highest BCUT2D eigenvalue weighted by Crippen LogP contribution is 2.65. The number of nitrogens with one attached hydrogen (secondary N) is 1. The third-order valence-electron chi connectivity index (χ3n) is 12.9. The average Bonchev–Trinajstić information content (AvgIpc) is 3.67. The van der Waals surface area contributed by atoms with E-state index >= 15 is 9.59 Å². The van der Waals surface area contributed by atoms with Crippen LogP contribution in [0.2, 0.25) is 0 Å². The lowest BCUT2D eigenvalue weighted by molar-refractivity contribution is -0.138. The molecule has 4 amide bonds. The number of aromatic hydroxyl groups is 1. The molecule has 12 nitrogen and oxygen atoms in total. The van der Waals surface area contributed by atoms with E-state index in [0.717, 1.165) is 21.8 Å². The largest absolute Gasteiger partial charge is 0.503 e. The van der Waals surface area contributed by atoms with Crippen molar-refractivity contribution in [2.75, 3.05) is 36.4 Å². The molecule has 6 unspecified atom stereocenters. The lowest BCUT2D eigenvalue weighted by atomic mass is 9.49. The second-order valence-electron chi connectivity index (χ2n) is 16.4. The van der Waals surface area contributed by atoms with Gasteiger partial charge in [-0.05, 0) is 135 Å². The molecule has 6 atom stereocenters. The molecule has 5 aromatic rings. The quantitative estimate of drug-likeness (QED) is 0.0845. The number of carbonyl (C=O) groups excluding carboxylic acids is 4. The summed E-state index contributed by atoms with van der Waals surface area (Å²) in [6.07, 6.45) is 2.36. The molecule has 14 heteroatoms. The molecular formula is C48H42Br2N6O6. The molecule has 0 spiro atoms. The molecule has 1 saturated carbocycles. The monoisotopic (exact) mass is 956 g/mol. The van der Waals surface area contributed by atoms with Gasteiger partial charge in [0.1, 0.15) is 0 Å². The van der Waals surface area contributed by atoms with E-state index in [1.807, 2.05) is 111 Å². The van der Waals surface area contributed by atoms with E-state index in [0.29, 0.717) is 42.8 Å². The van der Waals surface area contributed by atoms with Crippen molar-refractivity contribution in [1.82, 2.24) is 5.01 Å². The van der Waals surface area contributed by atoms with Crippen molar-refractivity contribution in [3.63, 3.8) is 0 Å². The highest BCUT2D eigenvalue weighted by atomic mass is 79.9. The molecule has 2 saturated heterocycles. The Morgan fingerprint density at radius 2 is 1.45 bits per heavy atom. The first-order chi connectivity index (χ1) is 29.8. The van der Waals surface area contributed by atoms with Gasteiger partial charge in [0.25, 0.3) is 11.8 Å². The van der Waals surface area contributed by atoms with Gasteiger partial charge in [-0.25, -0.2) is 0 Å². The topological polar surface area (TPSA) is 144 Å². The number of benzene rings is 5. The Balaban J connectivity index is 1.13. The second-order valence-corrected chi connectivity index (χ2v) is 18.0. The fourth-order valence-corrected chi connectivity index (χ4v) is 10.9. The molecule has 2 N–H and O–H groups in total. The molecule has 4 aliphatic rings. The molecule has 0 radical (unpaired) electrons. The Kier molecular flexibility index (Phi) is 10.6. The van der Waals surface area contributed by atoms with Crippen molar-refractivity contribution in [3.8, 4) is 11.5 Å². The minimum atomic E-state index is -1.51. The number of fused-ring (bicyclic) bond motifs is 4. The van der Waals surface area contributed by atoms with E-state index in [-0.39, 0.29) is 36.2 Å². The number of hydrogen-bond donors (Lipinski definition) is 2. The molecule has 0 bridgehead atoms. The number of allylic oxidation sites excluding steroid dienone is 2. The summed E-state index contributed by atoms with van der Waals surface area (Å²) < 4.78 is 6.43. The number of ether oxygens (including phenoxy) is 1. The van der Waals surface area contributed by atoms with E-state index in [4.69, 9.17) is 4.74 Å². The van der Waals surface area contributed by atoms with Crippen LogP contribution in [0.1, 0.15) is 35.4 Å². The van der Waals surface area contributed by atoms with E-state index in [1.165, 1.54) is 12.0 Å². The Hall–Kier alpha value is -6.12. The number of anilines is 3. The number of hydrazine groups is 1. The van der Waals surface area contributed by atoms with Crippen LogP contribution in [0, 0.1) is 30.6 Å². The van der Waals surface area contributed by atoms with Crippen LogP contribution in [0.4, 0.5) is 28.4 Å². The van der Waals surface area contributed by atoms with Gasteiger partial charge in [0.05, 0.1) is 57.5 Å². The van der Waals surface area contributed by atoms with Gasteiger partial charge in [-0.15, -0.1) is 0 Å². The molecule has 0 aromatic heterocycles. The molecule has 3 fully saturated rings. The fraction of sp³-hybridized carbons (Fsp3) is 0.250. The SMILES string of the molecule is COc1cc(C2C3=CCC4C(=O)N(c5ccc(N=Nc6ccc(N(C)C)cc6)cc5)C(=O)C4C3CC3C(=O)N(Nc4ccc(C)cc4)C(=O)C32c2ccccc2)c(Br)c(Br)c1O. The first kappa shape index (κ1) is 41.2. The van der Waals surface area contributed by atoms with Gasteiger partial charge in [0.15, 0.2) is 11.5 Å². The molecule has 2 heterocycles. The summed E-state index contributed by atoms with van der Waals surface area (Å²) in [5.74, 6) is -5.51. The Bertz CT molecular complexity index is 2690. The van der Waals surface area contributed by atoms with Crippen LogP contribution >= 0.6 is 31.9 Å². The number of rotatable bonds is 9. The number of halogens is 2. The van der Waals surface area contributed by atoms with Crippen molar-refractivity contribution < 1.29 is 29.0 Å². The number of aryl methyl sites for hydroxylation is 1. The lowest BCUT2D eigenvalue weighted by Gasteiger charge is -2.51. The molecule has 2 aliphatic heterocycles. The predicted octanol–water partition coefficient (Wildman–Crippen LogP) is 9.91. The molecule has 62 heavy (non-hydrogen) atoms. The zero-order chi connectivity index (χ0) is 43.6. The maximum Gasteiger partial charge on any atom is 0.260 e. The summed E-state index contributed by atoms with van der Waals surface area (Å²) in [5, 5.41) is 21.0. The first-order valence-corrected chi connectivity index (χ1v) is 21.8. The zero-order valence-electron chi connectivity index (χ0n) is 34.3. The minimum absolute atomic E-state index is 0.130. The Labute approximate surface area is 375 Å². The van der Waals surface area contributed by atoms with Crippen LogP contribution in [-0.4, -0.2) is 54.9 Å². The third kappa shape index (κ3) is 6.53. The standard InChI is InChI=1S/C48H42Br2N6O6/c1-26-10-12-30(13-11-26)53-56-45(59)37-24-35-33(40(36-25-38(62-4)43(57)42(50)41(36)49)48(37,47(56)61)27-8-6-5-7-9-27)22-23-34-39(35)46(60)55(44(34)58)32-20-16-29(17-21-32)52-51-28-14-18-31(19-15-28)54(2)3/h5-22,25,34-35,37,39-40,53,57H,23-24H2,1-4H3. The van der Waals surface area contributed by atoms with E-state index in [9.17, 15) is 14.7 Å². The summed E-state index contributed by atoms with van der Waals surface area (Å²) in [6, 6.07) is 32.9. The normalized spacial score (nSPS) is 24.2. The van der Waals surface area contributed by atoms with Gasteiger partial charge in [-0.3, -0.25) is 29.5 Å². The lowest BCUT2D eigenvalue weighted by Crippen LogP contribution is -2.53. The van der Waals surface area contributed by atoms with E-state index in [2.05, 4.69) is 47.5 Å². The van der Waals surface area contributed by atoms with Crippen molar-refractivity contribution >= 4 is 83.9 Å². The number of azo groups is 1. The number of methoxy groups -OCH3 is 1. The van der Waals surface area contributed by atoms with Crippen LogP contribution in [0.5, 0.6) is 11.5 Å². The second kappa shape index (κ2) is 16.0. The number of carbonyl (C=O) groups is 4. The van der Waals surface area contributed by atoms with Gasteiger partial charge in [0, 0.05) is 30.2 Å². The zero-order valence-corrected chi connectivity index (χ0v) is 37.4. The molecule has 2 aliphatic carbocycles. The maximum atomic E-state index is 15.6. The van der Waals surface area contributed by atoms with Crippen LogP contribution in [0.15, 0.2) is 140 Å². The van der Waals surface area contributed by atoms with E-state index in [1.54, 1.807) is 30.3 Å². The first-order valence-electron chi connectivity index (χ1n) is 20.2. The van der Waals surface area contributed by atoms with Gasteiger partial charge < -0.3 is 14.7 Å². The maximum absolute atomic E-state index is 15.6. The molecule has 314 valence electrons. The number of phenols is 1. The molecular weight excluding hydrogens is 916 g/mol. The fourth-order valence-electron chi connectivity index (χ4n) is 9.92. The highest BCUT2D eigenvalue weighted by molar-refractivity contribution is 9.13. The van der Waals surface area contributed by atoms with Crippen molar-refractivity contribution in [3.05, 3.63) is 146 Å². The summed E-state index contributed by atoms with van der Waals surface area (Å²) in [6.45, 7) is 1.95. The molecule has 9 rings (SSSR count). The van der Waals surface area contributed by atoms with Gasteiger partial charge >= 0.3 is 0 Å². The van der Waals surface area contributed by atoms with E-state index < -0.39 is 46.8 Å². The van der Waals surface area contributed by atoms with Crippen LogP contribution < -0.4 is 20.0 Å². The number of imide groups is 2. The third-order valence-corrected chi connectivity index (χ3v) is 15.0. The van der Waals surface area contributed by atoms with Crippen LogP contribution in [-0.2, 0) is 24.6 Å². The summed E-state index contributed by atoms with van der Waals surface area (Å²) >= 11 is 7.30. The Morgan fingerprint density at radius 3 is 2.08 bits per heavy atom. The molecule has 5 aromatic carbocycles. The minimum Gasteiger partial charge on any atom is -0.503 e. The van der Waals surface area contributed by atoms with Crippen molar-refractivity contribution in [1.29, 1.82) is 0 Å². The number of nitrogens with zero attached hydrogens (tertiary/aromatic N) is 5. The summed E-state index contributed by atoms with van der Waals surface area (Å²) in [4.78, 5) is 63.2. The summed E-state index contributed by atoms with van der Waals surface area (Å²) in [7, 11) is 5.37. The van der Waals surface area contributed by atoms with Gasteiger partial charge in [-0.1, -0.05) is 59.7 Å². The average molecular weight is 959 g/mol. The Morgan fingerprint density at radius 1 is 0.806 bits per heavy atom. The van der Waals surface area contributed by atoms with Gasteiger partial charge in [-0.2, -0.15) is 15.2 Å². The number of hydrogen-bond acceptors (Lipinski definition) is 10. The number of amides is 4. The van der Waals surface area contributed by atoms with Gasteiger partial charge in [0.2, 0.25) is 11.8 Å². The van der Waals surface area contributed by atoms with Crippen LogP contribution in [0.25, 0.3) is 0 Å².